The number of carbonyl (C=O) groups is 1. The van der Waals surface area contributed by atoms with Crippen molar-refractivity contribution in [1.82, 2.24) is 0 Å². The standard InChI is InChI=1S/C11H14O.2C2H6/c1-11(2,3)10(12)9-7-5-4-6-8-9;2*1-2/h4-8H,1-3H3;2*1-2H3. The normalized spacial score (nSPS) is 9.19. The minimum atomic E-state index is -0.276. The summed E-state index contributed by atoms with van der Waals surface area (Å²) in [5.74, 6) is 0.197. The summed E-state index contributed by atoms with van der Waals surface area (Å²) < 4.78 is 0. The first-order chi connectivity index (χ1) is 7.52. The SMILES string of the molecule is CC.CC.CC(C)(C)C(=O)c1ccccc1. The third-order valence-electron chi connectivity index (χ3n) is 1.72. The van der Waals surface area contributed by atoms with Crippen molar-refractivity contribution in [3.8, 4) is 0 Å². The van der Waals surface area contributed by atoms with E-state index in [1.54, 1.807) is 0 Å². The van der Waals surface area contributed by atoms with E-state index in [4.69, 9.17) is 0 Å². The predicted molar refractivity (Wildman–Crippen MR) is 72.9 cm³/mol. The number of carbonyl (C=O) groups excluding carboxylic acids is 1. The molecule has 0 aromatic heterocycles. The van der Waals surface area contributed by atoms with E-state index in [-0.39, 0.29) is 11.2 Å². The van der Waals surface area contributed by atoms with Crippen LogP contribution in [0.4, 0.5) is 0 Å². The van der Waals surface area contributed by atoms with Gasteiger partial charge in [0.2, 0.25) is 0 Å². The summed E-state index contributed by atoms with van der Waals surface area (Å²) >= 11 is 0. The van der Waals surface area contributed by atoms with Crippen LogP contribution in [0.15, 0.2) is 30.3 Å². The number of benzene rings is 1. The first-order valence-corrected chi connectivity index (χ1v) is 6.11. The molecule has 1 aromatic carbocycles. The average molecular weight is 222 g/mol. The first kappa shape index (κ1) is 17.3. The van der Waals surface area contributed by atoms with Gasteiger partial charge in [-0.05, 0) is 0 Å². The summed E-state index contributed by atoms with van der Waals surface area (Å²) in [5.41, 5.74) is 0.520. The Bertz CT molecular complexity index is 267. The molecule has 0 saturated heterocycles. The van der Waals surface area contributed by atoms with Gasteiger partial charge in [0, 0.05) is 11.0 Å². The Morgan fingerprint density at radius 1 is 0.875 bits per heavy atom. The van der Waals surface area contributed by atoms with Gasteiger partial charge in [0.15, 0.2) is 5.78 Å². The van der Waals surface area contributed by atoms with Crippen molar-refractivity contribution in [2.45, 2.75) is 48.5 Å². The lowest BCUT2D eigenvalue weighted by Gasteiger charge is -2.16. The van der Waals surface area contributed by atoms with Gasteiger partial charge in [-0.3, -0.25) is 4.79 Å². The average Bonchev–Trinajstić information content (AvgIpc) is 2.33. The topological polar surface area (TPSA) is 17.1 Å². The second-order valence-electron chi connectivity index (χ2n) is 3.95. The number of hydrogen-bond acceptors (Lipinski definition) is 1. The molecule has 0 amide bonds. The van der Waals surface area contributed by atoms with E-state index in [2.05, 4.69) is 0 Å². The van der Waals surface area contributed by atoms with E-state index < -0.39 is 0 Å². The molecule has 0 atom stereocenters. The molecule has 0 unspecified atom stereocenters. The maximum absolute atomic E-state index is 11.7. The largest absolute Gasteiger partial charge is 0.294 e. The molecule has 0 bridgehead atoms. The molecule has 92 valence electrons. The van der Waals surface area contributed by atoms with Crippen LogP contribution in [0.1, 0.15) is 58.8 Å². The Morgan fingerprint density at radius 2 is 1.25 bits per heavy atom. The van der Waals surface area contributed by atoms with Crippen LogP contribution >= 0.6 is 0 Å². The van der Waals surface area contributed by atoms with Crippen LogP contribution in [0.5, 0.6) is 0 Å². The van der Waals surface area contributed by atoms with E-state index >= 15 is 0 Å². The number of Topliss-reactive ketones (excluding diaryl/α,β-unsaturated/α-hetero) is 1. The van der Waals surface area contributed by atoms with Crippen molar-refractivity contribution < 1.29 is 4.79 Å². The van der Waals surface area contributed by atoms with Gasteiger partial charge in [-0.1, -0.05) is 78.8 Å². The second-order valence-corrected chi connectivity index (χ2v) is 3.95. The summed E-state index contributed by atoms with van der Waals surface area (Å²) in [6.45, 7) is 13.8. The van der Waals surface area contributed by atoms with Crippen LogP contribution < -0.4 is 0 Å². The quantitative estimate of drug-likeness (QED) is 0.613. The molecule has 0 aliphatic carbocycles. The fraction of sp³-hybridized carbons (Fsp3) is 0.533. The maximum Gasteiger partial charge on any atom is 0.168 e. The Labute approximate surface area is 101 Å². The van der Waals surface area contributed by atoms with Gasteiger partial charge in [-0.25, -0.2) is 0 Å². The molecule has 0 saturated carbocycles. The highest BCUT2D eigenvalue weighted by molar-refractivity contribution is 5.99. The van der Waals surface area contributed by atoms with Gasteiger partial charge < -0.3 is 0 Å². The maximum atomic E-state index is 11.7. The van der Waals surface area contributed by atoms with E-state index in [0.29, 0.717) is 0 Å². The first-order valence-electron chi connectivity index (χ1n) is 6.11. The van der Waals surface area contributed by atoms with Gasteiger partial charge in [0.25, 0.3) is 0 Å². The zero-order chi connectivity index (χ0) is 13.2. The van der Waals surface area contributed by atoms with Gasteiger partial charge in [0.05, 0.1) is 0 Å². The number of rotatable bonds is 1. The Balaban J connectivity index is 0. The van der Waals surface area contributed by atoms with Crippen molar-refractivity contribution in [2.75, 3.05) is 0 Å². The molecule has 0 heterocycles. The second kappa shape index (κ2) is 9.14. The predicted octanol–water partition coefficient (Wildman–Crippen LogP) is 4.97. The monoisotopic (exact) mass is 222 g/mol. The van der Waals surface area contributed by atoms with E-state index in [1.807, 2.05) is 78.8 Å². The highest BCUT2D eigenvalue weighted by Crippen LogP contribution is 2.19. The number of hydrogen-bond donors (Lipinski definition) is 0. The van der Waals surface area contributed by atoms with Crippen molar-refractivity contribution >= 4 is 5.78 Å². The Hall–Kier alpha value is -1.11. The third kappa shape index (κ3) is 6.39. The molecule has 1 nitrogen and oxygen atoms in total. The fourth-order valence-corrected chi connectivity index (χ4v) is 1.02. The van der Waals surface area contributed by atoms with Crippen LogP contribution in [-0.4, -0.2) is 5.78 Å². The molecule has 1 rings (SSSR count). The summed E-state index contributed by atoms with van der Waals surface area (Å²) in [5, 5.41) is 0. The molecule has 0 aliphatic heterocycles. The van der Waals surface area contributed by atoms with Crippen LogP contribution in [0.25, 0.3) is 0 Å². The van der Waals surface area contributed by atoms with Crippen LogP contribution in [0, 0.1) is 5.41 Å². The summed E-state index contributed by atoms with van der Waals surface area (Å²) in [6.07, 6.45) is 0. The molecule has 0 spiro atoms. The van der Waals surface area contributed by atoms with Gasteiger partial charge in [-0.15, -0.1) is 0 Å². The minimum absolute atomic E-state index is 0.197. The van der Waals surface area contributed by atoms with Crippen LogP contribution in [-0.2, 0) is 0 Å². The highest BCUT2D eigenvalue weighted by atomic mass is 16.1. The lowest BCUT2D eigenvalue weighted by molar-refractivity contribution is 0.0858. The minimum Gasteiger partial charge on any atom is -0.294 e. The van der Waals surface area contributed by atoms with E-state index in [9.17, 15) is 4.79 Å². The van der Waals surface area contributed by atoms with E-state index in [0.717, 1.165) is 5.56 Å². The van der Waals surface area contributed by atoms with Crippen molar-refractivity contribution in [2.24, 2.45) is 5.41 Å². The fourth-order valence-electron chi connectivity index (χ4n) is 1.02. The van der Waals surface area contributed by atoms with Crippen molar-refractivity contribution in [3.63, 3.8) is 0 Å². The zero-order valence-corrected chi connectivity index (χ0v) is 11.8. The van der Waals surface area contributed by atoms with Gasteiger partial charge in [-0.2, -0.15) is 0 Å². The lowest BCUT2D eigenvalue weighted by atomic mass is 9.87. The van der Waals surface area contributed by atoms with Crippen molar-refractivity contribution in [3.05, 3.63) is 35.9 Å². The molecule has 0 radical (unpaired) electrons. The molecule has 0 N–H and O–H groups in total. The molecule has 0 aliphatic rings. The van der Waals surface area contributed by atoms with Gasteiger partial charge in [0.1, 0.15) is 0 Å². The lowest BCUT2D eigenvalue weighted by Crippen LogP contribution is -2.19. The van der Waals surface area contributed by atoms with E-state index in [1.165, 1.54) is 0 Å². The molecule has 1 aromatic rings. The molecular weight excluding hydrogens is 196 g/mol. The smallest absolute Gasteiger partial charge is 0.168 e. The van der Waals surface area contributed by atoms with Crippen molar-refractivity contribution in [1.29, 1.82) is 0 Å². The highest BCUT2D eigenvalue weighted by Gasteiger charge is 2.21. The summed E-state index contributed by atoms with van der Waals surface area (Å²) in [7, 11) is 0. The van der Waals surface area contributed by atoms with Gasteiger partial charge >= 0.3 is 0 Å². The summed E-state index contributed by atoms with van der Waals surface area (Å²) in [4.78, 5) is 11.7. The zero-order valence-electron chi connectivity index (χ0n) is 11.8. The third-order valence-corrected chi connectivity index (χ3v) is 1.72. The van der Waals surface area contributed by atoms with Crippen LogP contribution in [0.2, 0.25) is 0 Å². The summed E-state index contributed by atoms with van der Waals surface area (Å²) in [6, 6.07) is 9.40. The Morgan fingerprint density at radius 3 is 1.56 bits per heavy atom. The molecular formula is C15H26O. The number of ketones is 1. The molecule has 16 heavy (non-hydrogen) atoms. The Kier molecular flexibility index (Phi) is 9.88. The van der Waals surface area contributed by atoms with Crippen LogP contribution in [0.3, 0.4) is 0 Å². The molecule has 1 heteroatoms. The molecule has 0 fully saturated rings.